The van der Waals surface area contributed by atoms with E-state index in [0.717, 1.165) is 17.9 Å². The number of benzene rings is 1. The second-order valence-corrected chi connectivity index (χ2v) is 4.28. The fourth-order valence-electron chi connectivity index (χ4n) is 1.76. The lowest BCUT2D eigenvalue weighted by Crippen LogP contribution is -2.27. The van der Waals surface area contributed by atoms with Crippen LogP contribution in [0.2, 0.25) is 0 Å². The maximum absolute atomic E-state index is 12.0. The Bertz CT molecular complexity index is 648. The van der Waals surface area contributed by atoms with E-state index in [0.29, 0.717) is 0 Å². The lowest BCUT2D eigenvalue weighted by molar-refractivity contribution is 0.0908. The van der Waals surface area contributed by atoms with Crippen molar-refractivity contribution in [1.29, 1.82) is 0 Å². The molecule has 1 amide bonds. The average Bonchev–Trinajstić information content (AvgIpc) is 2.48. The van der Waals surface area contributed by atoms with Crippen LogP contribution in [-0.2, 0) is 0 Å². The van der Waals surface area contributed by atoms with Gasteiger partial charge in [-0.3, -0.25) is 9.59 Å². The zero-order valence-electron chi connectivity index (χ0n) is 11.3. The normalized spacial score (nSPS) is 11.7. The van der Waals surface area contributed by atoms with Crippen molar-refractivity contribution < 1.29 is 13.9 Å². The summed E-state index contributed by atoms with van der Waals surface area (Å²) in [5.74, 6) is -0.419. The summed E-state index contributed by atoms with van der Waals surface area (Å²) in [6.45, 7) is 1.86. The molecule has 104 valence electrons. The zero-order valence-corrected chi connectivity index (χ0v) is 11.3. The van der Waals surface area contributed by atoms with Crippen molar-refractivity contribution in [1.82, 2.24) is 5.32 Å². The number of amides is 1. The number of nitrogens with one attached hydrogen (secondary N) is 1. The Morgan fingerprint density at radius 1 is 1.30 bits per heavy atom. The van der Waals surface area contributed by atoms with Gasteiger partial charge in [-0.2, -0.15) is 0 Å². The first-order valence-corrected chi connectivity index (χ1v) is 6.14. The van der Waals surface area contributed by atoms with Crippen LogP contribution in [0, 0.1) is 0 Å². The second kappa shape index (κ2) is 6.06. The van der Waals surface area contributed by atoms with Gasteiger partial charge >= 0.3 is 0 Å². The SMILES string of the molecule is COc1coc(C(=O)N[C@@H](C)c2ccccc2)cc1=O. The van der Waals surface area contributed by atoms with Crippen LogP contribution in [0.15, 0.2) is 51.9 Å². The van der Waals surface area contributed by atoms with Crippen molar-refractivity contribution in [2.24, 2.45) is 0 Å². The number of carbonyl (C=O) groups is 1. The molecular formula is C15H15NO4. The van der Waals surface area contributed by atoms with E-state index in [1.54, 1.807) is 0 Å². The highest BCUT2D eigenvalue weighted by molar-refractivity contribution is 5.91. The highest BCUT2D eigenvalue weighted by Gasteiger charge is 2.15. The van der Waals surface area contributed by atoms with Gasteiger partial charge < -0.3 is 14.5 Å². The molecule has 0 spiro atoms. The molecule has 0 fully saturated rings. The lowest BCUT2D eigenvalue weighted by atomic mass is 10.1. The van der Waals surface area contributed by atoms with Crippen LogP contribution in [0.5, 0.6) is 5.75 Å². The first-order chi connectivity index (χ1) is 9.61. The smallest absolute Gasteiger partial charge is 0.287 e. The molecule has 2 rings (SSSR count). The number of ether oxygens (including phenoxy) is 1. The third-order valence-corrected chi connectivity index (χ3v) is 2.89. The van der Waals surface area contributed by atoms with Crippen molar-refractivity contribution in [2.75, 3.05) is 7.11 Å². The van der Waals surface area contributed by atoms with Gasteiger partial charge in [-0.25, -0.2) is 0 Å². The van der Waals surface area contributed by atoms with E-state index < -0.39 is 11.3 Å². The van der Waals surface area contributed by atoms with Crippen molar-refractivity contribution in [2.45, 2.75) is 13.0 Å². The highest BCUT2D eigenvalue weighted by Crippen LogP contribution is 2.12. The summed E-state index contributed by atoms with van der Waals surface area (Å²) in [5, 5.41) is 2.76. The molecule has 0 unspecified atom stereocenters. The number of carbonyl (C=O) groups excluding carboxylic acids is 1. The molecule has 0 aliphatic heterocycles. The predicted molar refractivity (Wildman–Crippen MR) is 73.9 cm³/mol. The number of methoxy groups -OCH3 is 1. The minimum atomic E-state index is -0.443. The Labute approximate surface area is 116 Å². The van der Waals surface area contributed by atoms with Crippen molar-refractivity contribution in [3.8, 4) is 5.75 Å². The minimum Gasteiger partial charge on any atom is -0.490 e. The summed E-state index contributed by atoms with van der Waals surface area (Å²) in [5.41, 5.74) is 0.577. The predicted octanol–water partition coefficient (Wildman–Crippen LogP) is 2.14. The first kappa shape index (κ1) is 13.9. The van der Waals surface area contributed by atoms with Crippen LogP contribution < -0.4 is 15.5 Å². The van der Waals surface area contributed by atoms with Crippen LogP contribution in [0.3, 0.4) is 0 Å². The third-order valence-electron chi connectivity index (χ3n) is 2.89. The summed E-state index contributed by atoms with van der Waals surface area (Å²) in [7, 11) is 1.36. The van der Waals surface area contributed by atoms with E-state index >= 15 is 0 Å². The third kappa shape index (κ3) is 3.06. The minimum absolute atomic E-state index is 0.0430. The maximum Gasteiger partial charge on any atom is 0.287 e. The quantitative estimate of drug-likeness (QED) is 0.926. The van der Waals surface area contributed by atoms with E-state index in [2.05, 4.69) is 5.32 Å². The van der Waals surface area contributed by atoms with Gasteiger partial charge in [0, 0.05) is 6.07 Å². The van der Waals surface area contributed by atoms with Crippen LogP contribution in [0.4, 0.5) is 0 Å². The van der Waals surface area contributed by atoms with Gasteiger partial charge in [0.05, 0.1) is 13.2 Å². The molecule has 0 aliphatic rings. The molecule has 20 heavy (non-hydrogen) atoms. The fourth-order valence-corrected chi connectivity index (χ4v) is 1.76. The first-order valence-electron chi connectivity index (χ1n) is 6.14. The summed E-state index contributed by atoms with van der Waals surface area (Å²) >= 11 is 0. The molecule has 1 aromatic heterocycles. The molecule has 5 nitrogen and oxygen atoms in total. The van der Waals surface area contributed by atoms with Crippen molar-refractivity contribution in [3.05, 3.63) is 64.2 Å². The van der Waals surface area contributed by atoms with E-state index in [1.807, 2.05) is 37.3 Å². The molecule has 1 N–H and O–H groups in total. The standard InChI is InChI=1S/C15H15NO4/c1-10(11-6-4-3-5-7-11)16-15(18)13-8-12(17)14(19-2)9-20-13/h3-10H,1-2H3,(H,16,18)/t10-/m0/s1. The summed E-state index contributed by atoms with van der Waals surface area (Å²) in [4.78, 5) is 23.6. The number of rotatable bonds is 4. The van der Waals surface area contributed by atoms with Crippen molar-refractivity contribution >= 4 is 5.91 Å². The number of hydrogen-bond donors (Lipinski definition) is 1. The van der Waals surface area contributed by atoms with Crippen LogP contribution in [0.25, 0.3) is 0 Å². The molecule has 0 saturated carbocycles. The molecular weight excluding hydrogens is 258 g/mol. The van der Waals surface area contributed by atoms with Gasteiger partial charge in [0.15, 0.2) is 5.76 Å². The van der Waals surface area contributed by atoms with Crippen molar-refractivity contribution in [3.63, 3.8) is 0 Å². The number of hydrogen-bond acceptors (Lipinski definition) is 4. The largest absolute Gasteiger partial charge is 0.490 e. The molecule has 0 aliphatic carbocycles. The molecule has 5 heteroatoms. The molecule has 0 bridgehead atoms. The molecule has 2 aromatic rings. The van der Waals surface area contributed by atoms with Crippen LogP contribution in [0.1, 0.15) is 29.1 Å². The Balaban J connectivity index is 2.12. The summed E-state index contributed by atoms with van der Waals surface area (Å²) in [6, 6.07) is 10.4. The molecule has 0 radical (unpaired) electrons. The van der Waals surface area contributed by atoms with Crippen LogP contribution >= 0.6 is 0 Å². The molecule has 0 saturated heterocycles. The average molecular weight is 273 g/mol. The van der Waals surface area contributed by atoms with Gasteiger partial charge in [-0.05, 0) is 12.5 Å². The van der Waals surface area contributed by atoms with Gasteiger partial charge in [0.2, 0.25) is 11.2 Å². The zero-order chi connectivity index (χ0) is 14.5. The van der Waals surface area contributed by atoms with Gasteiger partial charge in [-0.1, -0.05) is 30.3 Å². The molecule has 1 atom stereocenters. The van der Waals surface area contributed by atoms with Gasteiger partial charge in [0.1, 0.15) is 6.26 Å². The second-order valence-electron chi connectivity index (χ2n) is 4.28. The van der Waals surface area contributed by atoms with Gasteiger partial charge in [-0.15, -0.1) is 0 Å². The maximum atomic E-state index is 12.0. The summed E-state index contributed by atoms with van der Waals surface area (Å²) < 4.78 is 9.88. The Morgan fingerprint density at radius 2 is 2.00 bits per heavy atom. The van der Waals surface area contributed by atoms with E-state index in [-0.39, 0.29) is 17.6 Å². The van der Waals surface area contributed by atoms with Crippen LogP contribution in [-0.4, -0.2) is 13.0 Å². The van der Waals surface area contributed by atoms with E-state index in [4.69, 9.17) is 9.15 Å². The lowest BCUT2D eigenvalue weighted by Gasteiger charge is -2.13. The molecule has 1 aromatic carbocycles. The Kier molecular flexibility index (Phi) is 4.20. The topological polar surface area (TPSA) is 68.5 Å². The highest BCUT2D eigenvalue weighted by atomic mass is 16.5. The Hall–Kier alpha value is -2.56. The van der Waals surface area contributed by atoms with Gasteiger partial charge in [0.25, 0.3) is 5.91 Å². The Morgan fingerprint density at radius 3 is 2.60 bits per heavy atom. The fraction of sp³-hybridized carbons (Fsp3) is 0.200. The van der Waals surface area contributed by atoms with E-state index in [1.165, 1.54) is 7.11 Å². The monoisotopic (exact) mass is 273 g/mol. The van der Waals surface area contributed by atoms with E-state index in [9.17, 15) is 9.59 Å². The summed E-state index contributed by atoms with van der Waals surface area (Å²) in [6.07, 6.45) is 1.13. The molecule has 1 heterocycles.